The molecule has 0 bridgehead atoms. The van der Waals surface area contributed by atoms with Gasteiger partial charge in [-0.3, -0.25) is 0 Å². The van der Waals surface area contributed by atoms with E-state index in [4.69, 9.17) is 4.74 Å². The Morgan fingerprint density at radius 1 is 1.57 bits per heavy atom. The minimum atomic E-state index is 0.0440. The molecule has 1 spiro atoms. The Morgan fingerprint density at radius 2 is 2.50 bits per heavy atom. The van der Waals surface area contributed by atoms with E-state index in [0.717, 1.165) is 32.5 Å². The first kappa shape index (κ1) is 8.89. The second-order valence-electron chi connectivity index (χ2n) is 4.34. The second kappa shape index (κ2) is 3.05. The summed E-state index contributed by atoms with van der Waals surface area (Å²) in [7, 11) is 2.18. The molecule has 1 unspecified atom stereocenters. The lowest BCUT2D eigenvalue weighted by Crippen LogP contribution is -2.36. The summed E-state index contributed by atoms with van der Waals surface area (Å²) < 4.78 is 6.05. The Hall–Kier alpha value is -0.380. The fraction of sp³-hybridized carbons (Fsp3) is 0.636. The van der Waals surface area contributed by atoms with Gasteiger partial charge in [-0.1, -0.05) is 0 Å². The maximum Gasteiger partial charge on any atom is 0.108 e. The van der Waals surface area contributed by atoms with Crippen LogP contribution >= 0.6 is 11.3 Å². The Labute approximate surface area is 88.5 Å². The molecule has 3 rings (SSSR count). The molecule has 0 aliphatic carbocycles. The summed E-state index contributed by atoms with van der Waals surface area (Å²) in [4.78, 5) is 3.92. The predicted molar refractivity (Wildman–Crippen MR) is 57.8 cm³/mol. The van der Waals surface area contributed by atoms with Crippen LogP contribution in [0.2, 0.25) is 0 Å². The molecule has 76 valence electrons. The van der Waals surface area contributed by atoms with Crippen molar-refractivity contribution in [1.82, 2.24) is 4.90 Å². The summed E-state index contributed by atoms with van der Waals surface area (Å²) in [6.45, 7) is 3.13. The molecule has 0 aromatic carbocycles. The van der Waals surface area contributed by atoms with Crippen molar-refractivity contribution < 1.29 is 4.74 Å². The molecule has 2 aliphatic rings. The van der Waals surface area contributed by atoms with Crippen LogP contribution in [0, 0.1) is 0 Å². The smallest absolute Gasteiger partial charge is 0.108 e. The zero-order valence-electron chi connectivity index (χ0n) is 8.45. The second-order valence-corrected chi connectivity index (χ2v) is 5.34. The van der Waals surface area contributed by atoms with Gasteiger partial charge in [0.25, 0.3) is 0 Å². The molecule has 3 heteroatoms. The summed E-state index contributed by atoms with van der Waals surface area (Å²) in [6.07, 6.45) is 2.27. The number of ether oxygens (including phenoxy) is 1. The van der Waals surface area contributed by atoms with Crippen LogP contribution in [0.3, 0.4) is 0 Å². The molecule has 0 radical (unpaired) electrons. The zero-order chi connectivity index (χ0) is 9.60. The number of likely N-dealkylation sites (tertiary alicyclic amines) is 1. The van der Waals surface area contributed by atoms with Crippen molar-refractivity contribution in [2.45, 2.75) is 18.4 Å². The van der Waals surface area contributed by atoms with Crippen molar-refractivity contribution in [3.63, 3.8) is 0 Å². The molecule has 3 heterocycles. The van der Waals surface area contributed by atoms with Gasteiger partial charge in [-0.05, 0) is 30.5 Å². The number of rotatable bonds is 0. The average molecular weight is 209 g/mol. The Kier molecular flexibility index (Phi) is 1.94. The Bertz CT molecular complexity index is 349. The molecular formula is C11H15NOS. The third-order valence-electron chi connectivity index (χ3n) is 3.37. The summed E-state index contributed by atoms with van der Waals surface area (Å²) in [5.41, 5.74) is 1.51. The van der Waals surface area contributed by atoms with Crippen LogP contribution < -0.4 is 0 Å². The van der Waals surface area contributed by atoms with Gasteiger partial charge in [0, 0.05) is 24.4 Å². The maximum atomic E-state index is 6.05. The molecule has 1 fully saturated rings. The van der Waals surface area contributed by atoms with E-state index in [9.17, 15) is 0 Å². The van der Waals surface area contributed by atoms with Crippen molar-refractivity contribution in [2.24, 2.45) is 0 Å². The van der Waals surface area contributed by atoms with Gasteiger partial charge < -0.3 is 9.64 Å². The first-order chi connectivity index (χ1) is 6.80. The number of nitrogens with zero attached hydrogens (tertiary/aromatic N) is 1. The molecule has 0 saturated carbocycles. The van der Waals surface area contributed by atoms with Crippen LogP contribution in [0.15, 0.2) is 11.4 Å². The summed E-state index contributed by atoms with van der Waals surface area (Å²) in [6, 6.07) is 2.26. The molecule has 1 saturated heterocycles. The summed E-state index contributed by atoms with van der Waals surface area (Å²) in [5.74, 6) is 0. The molecular weight excluding hydrogens is 194 g/mol. The third kappa shape index (κ3) is 1.16. The quantitative estimate of drug-likeness (QED) is 0.646. The van der Waals surface area contributed by atoms with Crippen LogP contribution in [0.25, 0.3) is 0 Å². The molecule has 1 atom stereocenters. The van der Waals surface area contributed by atoms with E-state index in [1.807, 2.05) is 11.3 Å². The standard InChI is InChI=1S/C11H15NOS/c1-12-5-4-11(8-12)9-3-7-14-10(9)2-6-13-11/h3,7H,2,4-6,8H2,1H3. The zero-order valence-corrected chi connectivity index (χ0v) is 9.27. The van der Waals surface area contributed by atoms with Gasteiger partial charge in [0.1, 0.15) is 5.60 Å². The van der Waals surface area contributed by atoms with Gasteiger partial charge in [0.15, 0.2) is 0 Å². The van der Waals surface area contributed by atoms with Gasteiger partial charge in [0.2, 0.25) is 0 Å². The van der Waals surface area contributed by atoms with Gasteiger partial charge in [0.05, 0.1) is 6.61 Å². The number of fused-ring (bicyclic) bond motifs is 2. The van der Waals surface area contributed by atoms with E-state index in [1.165, 1.54) is 5.56 Å². The maximum absolute atomic E-state index is 6.05. The van der Waals surface area contributed by atoms with E-state index >= 15 is 0 Å². The van der Waals surface area contributed by atoms with Gasteiger partial charge >= 0.3 is 0 Å². The lowest BCUT2D eigenvalue weighted by Gasteiger charge is -2.33. The van der Waals surface area contributed by atoms with Crippen molar-refractivity contribution in [1.29, 1.82) is 0 Å². The summed E-state index contributed by atoms with van der Waals surface area (Å²) >= 11 is 1.89. The SMILES string of the molecule is CN1CCC2(C1)OCCc1sccc12. The van der Waals surface area contributed by atoms with Gasteiger partial charge in [-0.15, -0.1) is 11.3 Å². The first-order valence-corrected chi connectivity index (χ1v) is 6.07. The normalized spacial score (nSPS) is 32.4. The number of thiophene rings is 1. The monoisotopic (exact) mass is 209 g/mol. The predicted octanol–water partition coefficient (Wildman–Crippen LogP) is 1.85. The van der Waals surface area contributed by atoms with Crippen molar-refractivity contribution in [3.05, 3.63) is 21.9 Å². The lowest BCUT2D eigenvalue weighted by molar-refractivity contribution is -0.0496. The van der Waals surface area contributed by atoms with Crippen LogP contribution in [-0.2, 0) is 16.8 Å². The van der Waals surface area contributed by atoms with Gasteiger partial charge in [-0.25, -0.2) is 0 Å². The molecule has 0 N–H and O–H groups in total. The molecule has 2 aliphatic heterocycles. The Morgan fingerprint density at radius 3 is 3.29 bits per heavy atom. The topological polar surface area (TPSA) is 12.5 Å². The molecule has 14 heavy (non-hydrogen) atoms. The average Bonchev–Trinajstić information content (AvgIpc) is 2.75. The van der Waals surface area contributed by atoms with Crippen LogP contribution in [-0.4, -0.2) is 31.6 Å². The van der Waals surface area contributed by atoms with Gasteiger partial charge in [-0.2, -0.15) is 0 Å². The first-order valence-electron chi connectivity index (χ1n) is 5.19. The van der Waals surface area contributed by atoms with Crippen molar-refractivity contribution >= 4 is 11.3 Å². The van der Waals surface area contributed by atoms with Crippen LogP contribution in [0.1, 0.15) is 16.9 Å². The van der Waals surface area contributed by atoms with E-state index < -0.39 is 0 Å². The number of likely N-dealkylation sites (N-methyl/N-ethyl adjacent to an activating group) is 1. The highest BCUT2D eigenvalue weighted by Crippen LogP contribution is 2.41. The molecule has 1 aromatic heterocycles. The molecule has 2 nitrogen and oxygen atoms in total. The third-order valence-corrected chi connectivity index (χ3v) is 4.35. The van der Waals surface area contributed by atoms with E-state index in [-0.39, 0.29) is 5.60 Å². The highest BCUT2D eigenvalue weighted by Gasteiger charge is 2.43. The van der Waals surface area contributed by atoms with Crippen molar-refractivity contribution in [2.75, 3.05) is 26.7 Å². The molecule has 1 aromatic rings. The fourth-order valence-electron chi connectivity index (χ4n) is 2.66. The van der Waals surface area contributed by atoms with E-state index in [0.29, 0.717) is 0 Å². The molecule has 0 amide bonds. The largest absolute Gasteiger partial charge is 0.368 e. The highest BCUT2D eigenvalue weighted by atomic mass is 32.1. The number of hydrogen-bond acceptors (Lipinski definition) is 3. The fourth-order valence-corrected chi connectivity index (χ4v) is 3.61. The minimum absolute atomic E-state index is 0.0440. The van der Waals surface area contributed by atoms with E-state index in [2.05, 4.69) is 23.4 Å². The number of hydrogen-bond donors (Lipinski definition) is 0. The summed E-state index contributed by atoms with van der Waals surface area (Å²) in [5, 5.41) is 2.21. The van der Waals surface area contributed by atoms with Crippen LogP contribution in [0.5, 0.6) is 0 Å². The minimum Gasteiger partial charge on any atom is -0.368 e. The van der Waals surface area contributed by atoms with Crippen LogP contribution in [0.4, 0.5) is 0 Å². The Balaban J connectivity index is 2.03. The lowest BCUT2D eigenvalue weighted by atomic mass is 9.90. The van der Waals surface area contributed by atoms with E-state index in [1.54, 1.807) is 4.88 Å². The van der Waals surface area contributed by atoms with Crippen molar-refractivity contribution in [3.8, 4) is 0 Å². The highest BCUT2D eigenvalue weighted by molar-refractivity contribution is 7.10.